The molecular formula is C9H16S. The highest BCUT2D eigenvalue weighted by Crippen LogP contribution is 2.49. The van der Waals surface area contributed by atoms with Crippen LogP contribution in [0.5, 0.6) is 0 Å². The van der Waals surface area contributed by atoms with Crippen molar-refractivity contribution in [3.8, 4) is 0 Å². The third kappa shape index (κ3) is 0.903. The van der Waals surface area contributed by atoms with Gasteiger partial charge in [-0.15, -0.1) is 0 Å². The molecule has 58 valence electrons. The lowest BCUT2D eigenvalue weighted by molar-refractivity contribution is 0.424. The van der Waals surface area contributed by atoms with Crippen molar-refractivity contribution in [3.63, 3.8) is 0 Å². The Bertz CT molecular complexity index is 117. The number of thioether (sulfide) groups is 1. The minimum Gasteiger partial charge on any atom is -0.158 e. The standard InChI is InChI=1S/C9H16S/c1-6-3-4-8-7(2)5-10-9(6)8/h6-9H,3-5H2,1-2H3. The summed E-state index contributed by atoms with van der Waals surface area (Å²) in [6, 6.07) is 0. The highest BCUT2D eigenvalue weighted by atomic mass is 32.2. The van der Waals surface area contributed by atoms with Gasteiger partial charge in [-0.3, -0.25) is 0 Å². The number of hydrogen-bond acceptors (Lipinski definition) is 1. The van der Waals surface area contributed by atoms with E-state index in [1.54, 1.807) is 0 Å². The molecule has 0 spiro atoms. The molecule has 0 N–H and O–H groups in total. The molecule has 10 heavy (non-hydrogen) atoms. The Morgan fingerprint density at radius 1 is 1.10 bits per heavy atom. The lowest BCUT2D eigenvalue weighted by Crippen LogP contribution is -2.13. The molecule has 4 unspecified atom stereocenters. The normalized spacial score (nSPS) is 53.4. The fourth-order valence-corrected chi connectivity index (χ4v) is 4.38. The number of fused-ring (bicyclic) bond motifs is 1. The Morgan fingerprint density at radius 3 is 2.60 bits per heavy atom. The minimum atomic E-state index is 1.01. The molecular weight excluding hydrogens is 140 g/mol. The van der Waals surface area contributed by atoms with Gasteiger partial charge in [-0.25, -0.2) is 0 Å². The lowest BCUT2D eigenvalue weighted by Gasteiger charge is -2.13. The Labute approximate surface area is 67.8 Å². The van der Waals surface area contributed by atoms with Crippen molar-refractivity contribution in [3.05, 3.63) is 0 Å². The lowest BCUT2D eigenvalue weighted by atomic mass is 9.94. The van der Waals surface area contributed by atoms with Crippen molar-refractivity contribution in [2.45, 2.75) is 31.9 Å². The largest absolute Gasteiger partial charge is 0.158 e. The zero-order chi connectivity index (χ0) is 7.14. The van der Waals surface area contributed by atoms with Gasteiger partial charge in [0.1, 0.15) is 0 Å². The van der Waals surface area contributed by atoms with Gasteiger partial charge in [0.2, 0.25) is 0 Å². The molecule has 2 aliphatic rings. The molecule has 1 aliphatic carbocycles. The summed E-state index contributed by atoms with van der Waals surface area (Å²) < 4.78 is 0. The molecule has 0 aromatic rings. The summed E-state index contributed by atoms with van der Waals surface area (Å²) in [4.78, 5) is 0. The van der Waals surface area contributed by atoms with Gasteiger partial charge in [0.15, 0.2) is 0 Å². The molecule has 1 heterocycles. The zero-order valence-corrected chi connectivity index (χ0v) is 7.66. The maximum absolute atomic E-state index is 2.43. The van der Waals surface area contributed by atoms with Gasteiger partial charge in [-0.2, -0.15) is 11.8 Å². The molecule has 1 saturated carbocycles. The predicted molar refractivity (Wildman–Crippen MR) is 47.3 cm³/mol. The van der Waals surface area contributed by atoms with Gasteiger partial charge in [0, 0.05) is 5.25 Å². The molecule has 0 nitrogen and oxygen atoms in total. The van der Waals surface area contributed by atoms with Gasteiger partial charge < -0.3 is 0 Å². The van der Waals surface area contributed by atoms with Crippen LogP contribution < -0.4 is 0 Å². The Morgan fingerprint density at radius 2 is 1.90 bits per heavy atom. The molecule has 0 aromatic carbocycles. The number of rotatable bonds is 0. The molecule has 0 radical (unpaired) electrons. The molecule has 1 saturated heterocycles. The summed E-state index contributed by atoms with van der Waals surface area (Å²) in [5.41, 5.74) is 0. The minimum absolute atomic E-state index is 1.01. The van der Waals surface area contributed by atoms with Crippen LogP contribution in [0.2, 0.25) is 0 Å². The van der Waals surface area contributed by atoms with Crippen molar-refractivity contribution < 1.29 is 0 Å². The van der Waals surface area contributed by atoms with Gasteiger partial charge in [-0.05, 0) is 36.3 Å². The van der Waals surface area contributed by atoms with E-state index < -0.39 is 0 Å². The van der Waals surface area contributed by atoms with E-state index in [4.69, 9.17) is 0 Å². The first-order valence-electron chi connectivity index (χ1n) is 4.40. The first-order chi connectivity index (χ1) is 4.79. The maximum atomic E-state index is 2.43. The second kappa shape index (κ2) is 2.44. The van der Waals surface area contributed by atoms with E-state index in [1.165, 1.54) is 18.6 Å². The molecule has 1 heteroatoms. The van der Waals surface area contributed by atoms with Crippen LogP contribution in [0, 0.1) is 17.8 Å². The smallest absolute Gasteiger partial charge is 0.0104 e. The van der Waals surface area contributed by atoms with Crippen molar-refractivity contribution in [1.82, 2.24) is 0 Å². The fraction of sp³-hybridized carbons (Fsp3) is 1.00. The Kier molecular flexibility index (Phi) is 1.71. The van der Waals surface area contributed by atoms with Crippen LogP contribution in [0.4, 0.5) is 0 Å². The van der Waals surface area contributed by atoms with Crippen LogP contribution in [-0.4, -0.2) is 11.0 Å². The van der Waals surface area contributed by atoms with E-state index in [1.807, 2.05) is 0 Å². The third-order valence-electron chi connectivity index (χ3n) is 3.22. The van der Waals surface area contributed by atoms with Crippen LogP contribution in [0.15, 0.2) is 0 Å². The van der Waals surface area contributed by atoms with E-state index in [0.29, 0.717) is 0 Å². The van der Waals surface area contributed by atoms with Crippen molar-refractivity contribution in [2.75, 3.05) is 5.75 Å². The molecule has 4 atom stereocenters. The Hall–Kier alpha value is 0.350. The molecule has 0 aromatic heterocycles. The van der Waals surface area contributed by atoms with Crippen molar-refractivity contribution in [1.29, 1.82) is 0 Å². The SMILES string of the molecule is CC1CSC2C(C)CCC12. The Balaban J connectivity index is 2.09. The molecule has 1 aliphatic heterocycles. The van der Waals surface area contributed by atoms with Gasteiger partial charge in [-0.1, -0.05) is 13.8 Å². The summed E-state index contributed by atoms with van der Waals surface area (Å²) in [5, 5.41) is 1.04. The average molecular weight is 156 g/mol. The average Bonchev–Trinajstić information content (AvgIpc) is 2.41. The molecule has 2 fully saturated rings. The van der Waals surface area contributed by atoms with E-state index in [-0.39, 0.29) is 0 Å². The van der Waals surface area contributed by atoms with Crippen molar-refractivity contribution in [2.24, 2.45) is 17.8 Å². The monoisotopic (exact) mass is 156 g/mol. The second-order valence-electron chi connectivity index (χ2n) is 3.99. The number of hydrogen-bond donors (Lipinski definition) is 0. The highest BCUT2D eigenvalue weighted by molar-refractivity contribution is 8.00. The highest BCUT2D eigenvalue weighted by Gasteiger charge is 2.41. The van der Waals surface area contributed by atoms with E-state index in [2.05, 4.69) is 25.6 Å². The quantitative estimate of drug-likeness (QED) is 0.519. The molecule has 2 rings (SSSR count). The van der Waals surface area contributed by atoms with E-state index in [9.17, 15) is 0 Å². The summed E-state index contributed by atoms with van der Waals surface area (Å²) in [7, 11) is 0. The topological polar surface area (TPSA) is 0 Å². The van der Waals surface area contributed by atoms with Crippen LogP contribution in [0.3, 0.4) is 0 Å². The van der Waals surface area contributed by atoms with Crippen LogP contribution in [0.25, 0.3) is 0 Å². The van der Waals surface area contributed by atoms with Crippen LogP contribution >= 0.6 is 11.8 Å². The van der Waals surface area contributed by atoms with Gasteiger partial charge >= 0.3 is 0 Å². The summed E-state index contributed by atoms with van der Waals surface area (Å²) in [6.45, 7) is 4.85. The van der Waals surface area contributed by atoms with Gasteiger partial charge in [0.25, 0.3) is 0 Å². The van der Waals surface area contributed by atoms with Crippen LogP contribution in [0.1, 0.15) is 26.7 Å². The maximum Gasteiger partial charge on any atom is 0.0104 e. The predicted octanol–water partition coefficient (Wildman–Crippen LogP) is 2.78. The zero-order valence-electron chi connectivity index (χ0n) is 6.84. The first kappa shape index (κ1) is 7.02. The van der Waals surface area contributed by atoms with Crippen molar-refractivity contribution >= 4 is 11.8 Å². The van der Waals surface area contributed by atoms with E-state index >= 15 is 0 Å². The third-order valence-corrected chi connectivity index (χ3v) is 5.14. The van der Waals surface area contributed by atoms with Gasteiger partial charge in [0.05, 0.1) is 0 Å². The second-order valence-corrected chi connectivity index (χ2v) is 5.20. The molecule has 0 bridgehead atoms. The van der Waals surface area contributed by atoms with E-state index in [0.717, 1.165) is 23.0 Å². The fourth-order valence-electron chi connectivity index (χ4n) is 2.49. The summed E-state index contributed by atoms with van der Waals surface area (Å²) >= 11 is 2.23. The first-order valence-corrected chi connectivity index (χ1v) is 5.45. The summed E-state index contributed by atoms with van der Waals surface area (Å²) in [6.07, 6.45) is 3.01. The van der Waals surface area contributed by atoms with Crippen LogP contribution in [-0.2, 0) is 0 Å². The summed E-state index contributed by atoms with van der Waals surface area (Å²) in [5.74, 6) is 4.54. The molecule has 0 amide bonds.